The average molecular weight is 397 g/mol. The van der Waals surface area contributed by atoms with E-state index in [0.717, 1.165) is 42.4 Å². The summed E-state index contributed by atoms with van der Waals surface area (Å²) < 4.78 is 1.80. The first-order valence-electron chi connectivity index (χ1n) is 12.1. The molecule has 5 fully saturated rings. The highest BCUT2D eigenvalue weighted by Crippen LogP contribution is 2.69. The maximum atomic E-state index is 13.2. The van der Waals surface area contributed by atoms with Crippen LogP contribution in [0.3, 0.4) is 0 Å². The van der Waals surface area contributed by atoms with E-state index in [-0.39, 0.29) is 16.9 Å². The summed E-state index contributed by atoms with van der Waals surface area (Å²) in [6.07, 6.45) is 13.5. The Kier molecular flexibility index (Phi) is 3.96. The number of hydrogen-bond acceptors (Lipinski definition) is 3. The van der Waals surface area contributed by atoms with E-state index in [1.165, 1.54) is 38.5 Å². The van der Waals surface area contributed by atoms with Gasteiger partial charge in [-0.3, -0.25) is 9.48 Å². The zero-order valence-corrected chi connectivity index (χ0v) is 18.0. The third-order valence-electron chi connectivity index (χ3n) is 10.7. The molecule has 0 spiro atoms. The lowest BCUT2D eigenvalue weighted by atomic mass is 9.49. The molecule has 0 bridgehead atoms. The molecule has 29 heavy (non-hydrogen) atoms. The lowest BCUT2D eigenvalue weighted by Crippen LogP contribution is -2.51. The second kappa shape index (κ2) is 6.18. The third-order valence-corrected chi connectivity index (χ3v) is 10.7. The lowest BCUT2D eigenvalue weighted by molar-refractivity contribution is -0.132. The standard InChI is InChI=1S/C25H36N2O2/c1-15-12-19-16-8-9-24(2)20(17(16)4-5-18(19)22-13-25(15,22)29)6-7-21(24)23(28)14-27-11-3-10-26-27/h3,10-11,15-22,29H,4-9,12-14H2,1-2H3/t15-,16+,17-,18-,19-,20+,21-,22?,24+,25-/m1/s1. The molecule has 4 heteroatoms. The van der Waals surface area contributed by atoms with Crippen LogP contribution in [-0.2, 0) is 11.3 Å². The summed E-state index contributed by atoms with van der Waals surface area (Å²) in [6, 6.07) is 1.90. The van der Waals surface area contributed by atoms with Gasteiger partial charge in [0.05, 0.1) is 12.1 Å². The Bertz CT molecular complexity index is 806. The van der Waals surface area contributed by atoms with Crippen LogP contribution < -0.4 is 0 Å². The molecule has 0 radical (unpaired) electrons. The first-order valence-corrected chi connectivity index (χ1v) is 12.1. The summed E-state index contributed by atoms with van der Waals surface area (Å²) in [5.41, 5.74) is -0.118. The van der Waals surface area contributed by atoms with E-state index in [4.69, 9.17) is 0 Å². The first kappa shape index (κ1) is 18.6. The number of nitrogens with zero attached hydrogens (tertiary/aromatic N) is 2. The maximum Gasteiger partial charge on any atom is 0.157 e. The summed E-state index contributed by atoms with van der Waals surface area (Å²) in [5.74, 6) is 5.69. The van der Waals surface area contributed by atoms with Crippen LogP contribution in [0.5, 0.6) is 0 Å². The summed E-state index contributed by atoms with van der Waals surface area (Å²) in [4.78, 5) is 13.2. The Balaban J connectivity index is 1.21. The zero-order valence-electron chi connectivity index (χ0n) is 18.0. The van der Waals surface area contributed by atoms with Gasteiger partial charge in [0.15, 0.2) is 5.78 Å². The molecule has 0 aromatic carbocycles. The predicted molar refractivity (Wildman–Crippen MR) is 111 cm³/mol. The summed E-state index contributed by atoms with van der Waals surface area (Å²) in [7, 11) is 0. The van der Waals surface area contributed by atoms with E-state index in [9.17, 15) is 9.90 Å². The number of aromatic nitrogens is 2. The fraction of sp³-hybridized carbons (Fsp3) is 0.840. The van der Waals surface area contributed by atoms with Crippen LogP contribution in [0.15, 0.2) is 18.5 Å². The predicted octanol–water partition coefficient (Wildman–Crippen LogP) is 4.33. The van der Waals surface area contributed by atoms with Crippen molar-refractivity contribution in [3.63, 3.8) is 0 Å². The van der Waals surface area contributed by atoms with Crippen molar-refractivity contribution in [3.8, 4) is 0 Å². The molecule has 4 nitrogen and oxygen atoms in total. The Labute approximate surface area is 174 Å². The van der Waals surface area contributed by atoms with Crippen molar-refractivity contribution < 1.29 is 9.90 Å². The maximum absolute atomic E-state index is 13.2. The molecule has 0 saturated heterocycles. The van der Waals surface area contributed by atoms with E-state index >= 15 is 0 Å². The fourth-order valence-corrected chi connectivity index (χ4v) is 9.22. The van der Waals surface area contributed by atoms with E-state index in [2.05, 4.69) is 18.9 Å². The SMILES string of the molecule is C[C@@H]1C[C@@H]2[C@H]3CC[C@]4(C)[C@@H](C(=O)Cn5cccn5)CC[C@H]4[C@@H]3CC[C@H]2C2C[C@]21O. The minimum atomic E-state index is -0.311. The Morgan fingerprint density at radius 2 is 1.90 bits per heavy atom. The van der Waals surface area contributed by atoms with Crippen LogP contribution in [0.2, 0.25) is 0 Å². The highest BCUT2D eigenvalue weighted by molar-refractivity contribution is 5.82. The molecule has 1 heterocycles. The normalized spacial score (nSPS) is 52.8. The summed E-state index contributed by atoms with van der Waals surface area (Å²) in [6.45, 7) is 5.19. The van der Waals surface area contributed by atoms with Crippen LogP contribution in [0.25, 0.3) is 0 Å². The van der Waals surface area contributed by atoms with Crippen molar-refractivity contribution in [2.45, 2.75) is 77.4 Å². The molecule has 6 rings (SSSR count). The Morgan fingerprint density at radius 1 is 1.10 bits per heavy atom. The number of carbonyl (C=O) groups excluding carboxylic acids is 1. The van der Waals surface area contributed by atoms with E-state index in [1.54, 1.807) is 10.9 Å². The molecular formula is C25H36N2O2. The van der Waals surface area contributed by atoms with Crippen LogP contribution >= 0.6 is 0 Å². The van der Waals surface area contributed by atoms with E-state index in [1.807, 2.05) is 12.3 Å². The van der Waals surface area contributed by atoms with Gasteiger partial charge in [0.25, 0.3) is 0 Å². The number of aliphatic hydroxyl groups is 1. The zero-order chi connectivity index (χ0) is 20.0. The highest BCUT2D eigenvalue weighted by Gasteiger charge is 2.67. The second-order valence-electron chi connectivity index (χ2n) is 11.6. The minimum Gasteiger partial charge on any atom is -0.389 e. The molecular weight excluding hydrogens is 360 g/mol. The fourth-order valence-electron chi connectivity index (χ4n) is 9.22. The third kappa shape index (κ3) is 2.53. The van der Waals surface area contributed by atoms with Gasteiger partial charge in [-0.05, 0) is 104 Å². The number of rotatable bonds is 3. The number of carbonyl (C=O) groups is 1. The van der Waals surface area contributed by atoms with Gasteiger partial charge in [-0.15, -0.1) is 0 Å². The molecule has 10 atom stereocenters. The van der Waals surface area contributed by atoms with Crippen molar-refractivity contribution in [3.05, 3.63) is 18.5 Å². The van der Waals surface area contributed by atoms with Gasteiger partial charge in [-0.1, -0.05) is 13.8 Å². The largest absolute Gasteiger partial charge is 0.389 e. The van der Waals surface area contributed by atoms with Crippen molar-refractivity contribution >= 4 is 5.78 Å². The van der Waals surface area contributed by atoms with Gasteiger partial charge in [0.1, 0.15) is 0 Å². The van der Waals surface area contributed by atoms with Crippen LogP contribution in [0.1, 0.15) is 65.2 Å². The van der Waals surface area contributed by atoms with Gasteiger partial charge in [-0.25, -0.2) is 0 Å². The van der Waals surface area contributed by atoms with Crippen molar-refractivity contribution in [1.29, 1.82) is 0 Å². The van der Waals surface area contributed by atoms with Crippen molar-refractivity contribution in [2.24, 2.45) is 52.8 Å². The van der Waals surface area contributed by atoms with Crippen molar-refractivity contribution in [2.75, 3.05) is 0 Å². The van der Waals surface area contributed by atoms with Crippen LogP contribution in [0, 0.1) is 52.8 Å². The molecule has 1 aromatic heterocycles. The monoisotopic (exact) mass is 396 g/mol. The Morgan fingerprint density at radius 3 is 2.66 bits per heavy atom. The second-order valence-corrected chi connectivity index (χ2v) is 11.6. The molecule has 5 aliphatic rings. The van der Waals surface area contributed by atoms with E-state index < -0.39 is 0 Å². The van der Waals surface area contributed by atoms with Crippen LogP contribution in [-0.4, -0.2) is 26.3 Å². The van der Waals surface area contributed by atoms with Gasteiger partial charge in [0, 0.05) is 18.3 Å². The van der Waals surface area contributed by atoms with E-state index in [0.29, 0.717) is 24.2 Å². The molecule has 1 unspecified atom stereocenters. The summed E-state index contributed by atoms with van der Waals surface area (Å²) in [5, 5.41) is 15.2. The van der Waals surface area contributed by atoms with Crippen LogP contribution in [0.4, 0.5) is 0 Å². The quantitative estimate of drug-likeness (QED) is 0.827. The number of Topliss-reactive ketones (excluding diaryl/α,β-unsaturated/α-hetero) is 1. The molecule has 1 aromatic rings. The molecule has 0 amide bonds. The summed E-state index contributed by atoms with van der Waals surface area (Å²) >= 11 is 0. The highest BCUT2D eigenvalue weighted by atomic mass is 16.3. The van der Waals surface area contributed by atoms with Gasteiger partial charge in [-0.2, -0.15) is 5.10 Å². The number of fused-ring (bicyclic) bond motifs is 7. The number of ketones is 1. The van der Waals surface area contributed by atoms with Crippen molar-refractivity contribution in [1.82, 2.24) is 9.78 Å². The molecule has 5 saturated carbocycles. The van der Waals surface area contributed by atoms with Gasteiger partial charge >= 0.3 is 0 Å². The molecule has 1 N–H and O–H groups in total. The number of hydrogen-bond donors (Lipinski definition) is 1. The smallest absolute Gasteiger partial charge is 0.157 e. The Hall–Kier alpha value is -1.16. The molecule has 5 aliphatic carbocycles. The topological polar surface area (TPSA) is 55.1 Å². The molecule has 0 aliphatic heterocycles. The van der Waals surface area contributed by atoms with Gasteiger partial charge in [0.2, 0.25) is 0 Å². The lowest BCUT2D eigenvalue weighted by Gasteiger charge is -2.56. The minimum absolute atomic E-state index is 0.193. The average Bonchev–Trinajstić information content (AvgIpc) is 3.03. The van der Waals surface area contributed by atoms with Gasteiger partial charge < -0.3 is 5.11 Å². The molecule has 158 valence electrons. The first-order chi connectivity index (χ1) is 13.9.